The van der Waals surface area contributed by atoms with Gasteiger partial charge in [0.1, 0.15) is 5.76 Å². The third-order valence-corrected chi connectivity index (χ3v) is 5.06. The number of rotatable bonds is 5. The van der Waals surface area contributed by atoms with Gasteiger partial charge in [-0.15, -0.1) is 6.42 Å². The maximum absolute atomic E-state index is 11.3. The van der Waals surface area contributed by atoms with Gasteiger partial charge in [-0.2, -0.15) is 0 Å². The molecule has 4 heteroatoms. The third kappa shape index (κ3) is 3.38. The van der Waals surface area contributed by atoms with E-state index in [2.05, 4.69) is 15.7 Å². The maximum Gasteiger partial charge on any atom is 0.117 e. The number of hydrogen-bond donors (Lipinski definition) is 1. The fourth-order valence-corrected chi connectivity index (χ4v) is 4.11. The SMILES string of the molecule is C#CCN(Cc1ccco1)C[C@]1(O)CCCN2CCCC[C@@H]21. The lowest BCUT2D eigenvalue weighted by molar-refractivity contribution is -0.109. The van der Waals surface area contributed by atoms with Crippen LogP contribution in [0.5, 0.6) is 0 Å². The Hall–Kier alpha value is -1.28. The number of furan rings is 1. The van der Waals surface area contributed by atoms with Crippen LogP contribution in [0, 0.1) is 12.3 Å². The molecule has 1 aromatic heterocycles. The molecule has 1 aromatic rings. The van der Waals surface area contributed by atoms with Crippen molar-refractivity contribution < 1.29 is 9.52 Å². The van der Waals surface area contributed by atoms with Gasteiger partial charge in [0.15, 0.2) is 0 Å². The van der Waals surface area contributed by atoms with E-state index >= 15 is 0 Å². The zero-order valence-corrected chi connectivity index (χ0v) is 13.2. The van der Waals surface area contributed by atoms with E-state index in [0.29, 0.717) is 19.6 Å². The first-order chi connectivity index (χ1) is 10.7. The Morgan fingerprint density at radius 1 is 1.41 bits per heavy atom. The minimum absolute atomic E-state index is 0.284. The summed E-state index contributed by atoms with van der Waals surface area (Å²) in [5.74, 6) is 3.62. The highest BCUT2D eigenvalue weighted by Gasteiger charge is 2.44. The average molecular weight is 302 g/mol. The molecular weight excluding hydrogens is 276 g/mol. The molecule has 120 valence electrons. The molecule has 0 unspecified atom stereocenters. The lowest BCUT2D eigenvalue weighted by atomic mass is 9.79. The molecule has 0 saturated carbocycles. The highest BCUT2D eigenvalue weighted by atomic mass is 16.3. The van der Waals surface area contributed by atoms with Gasteiger partial charge in [0.2, 0.25) is 0 Å². The Labute approximate surface area is 133 Å². The van der Waals surface area contributed by atoms with E-state index in [-0.39, 0.29) is 6.04 Å². The fourth-order valence-electron chi connectivity index (χ4n) is 4.11. The zero-order chi connectivity index (χ0) is 15.4. The molecule has 0 bridgehead atoms. The molecule has 1 N–H and O–H groups in total. The van der Waals surface area contributed by atoms with E-state index in [1.807, 2.05) is 12.1 Å². The first-order valence-electron chi connectivity index (χ1n) is 8.36. The predicted octanol–water partition coefficient (Wildman–Crippen LogP) is 2.09. The Morgan fingerprint density at radius 2 is 2.27 bits per heavy atom. The van der Waals surface area contributed by atoms with Gasteiger partial charge in [-0.3, -0.25) is 9.80 Å². The molecule has 0 radical (unpaired) electrons. The molecular formula is C18H26N2O2. The van der Waals surface area contributed by atoms with Crippen LogP contribution in [0.1, 0.15) is 37.9 Å². The summed E-state index contributed by atoms with van der Waals surface area (Å²) >= 11 is 0. The maximum atomic E-state index is 11.3. The van der Waals surface area contributed by atoms with Crippen molar-refractivity contribution in [1.82, 2.24) is 9.80 Å². The molecule has 3 rings (SSSR count). The number of piperidine rings is 2. The Balaban J connectivity index is 1.70. The first kappa shape index (κ1) is 15.6. The summed E-state index contributed by atoms with van der Waals surface area (Å²) in [4.78, 5) is 4.62. The Bertz CT molecular complexity index is 506. The van der Waals surface area contributed by atoms with Crippen LogP contribution in [0.2, 0.25) is 0 Å². The minimum atomic E-state index is -0.651. The van der Waals surface area contributed by atoms with Crippen LogP contribution in [0.4, 0.5) is 0 Å². The van der Waals surface area contributed by atoms with Crippen LogP contribution in [0.25, 0.3) is 0 Å². The molecule has 2 aliphatic rings. The van der Waals surface area contributed by atoms with Gasteiger partial charge >= 0.3 is 0 Å². The molecule has 0 spiro atoms. The van der Waals surface area contributed by atoms with E-state index in [0.717, 1.165) is 38.1 Å². The van der Waals surface area contributed by atoms with E-state index in [1.54, 1.807) is 6.26 Å². The van der Waals surface area contributed by atoms with Gasteiger partial charge in [0.05, 0.1) is 25.0 Å². The average Bonchev–Trinajstić information content (AvgIpc) is 3.01. The van der Waals surface area contributed by atoms with E-state index in [1.165, 1.54) is 12.8 Å². The number of nitrogens with zero attached hydrogens (tertiary/aromatic N) is 2. The van der Waals surface area contributed by atoms with Gasteiger partial charge in [0.25, 0.3) is 0 Å². The summed E-state index contributed by atoms with van der Waals surface area (Å²) in [5.41, 5.74) is -0.651. The number of aliphatic hydroxyl groups is 1. The molecule has 2 atom stereocenters. The van der Waals surface area contributed by atoms with Crippen molar-refractivity contribution in [3.63, 3.8) is 0 Å². The van der Waals surface area contributed by atoms with Crippen LogP contribution < -0.4 is 0 Å². The number of fused-ring (bicyclic) bond motifs is 1. The number of terminal acetylenes is 1. The van der Waals surface area contributed by atoms with Crippen LogP contribution in [0.3, 0.4) is 0 Å². The molecule has 3 heterocycles. The van der Waals surface area contributed by atoms with Gasteiger partial charge in [-0.05, 0) is 50.9 Å². The van der Waals surface area contributed by atoms with E-state index in [4.69, 9.17) is 10.8 Å². The summed E-state index contributed by atoms with van der Waals surface area (Å²) < 4.78 is 5.44. The van der Waals surface area contributed by atoms with E-state index in [9.17, 15) is 5.11 Å². The van der Waals surface area contributed by atoms with Crippen LogP contribution in [-0.2, 0) is 6.54 Å². The van der Waals surface area contributed by atoms with Gasteiger partial charge in [0, 0.05) is 12.6 Å². The second kappa shape index (κ2) is 6.87. The quantitative estimate of drug-likeness (QED) is 0.846. The summed E-state index contributed by atoms with van der Waals surface area (Å²) in [6.45, 7) is 4.07. The summed E-state index contributed by atoms with van der Waals surface area (Å²) in [5, 5.41) is 11.3. The lowest BCUT2D eigenvalue weighted by Crippen LogP contribution is -2.62. The van der Waals surface area contributed by atoms with Crippen molar-refractivity contribution in [2.75, 3.05) is 26.2 Å². The highest BCUT2D eigenvalue weighted by Crippen LogP contribution is 2.34. The molecule has 0 amide bonds. The second-order valence-corrected chi connectivity index (χ2v) is 6.68. The Kier molecular flexibility index (Phi) is 4.87. The summed E-state index contributed by atoms with van der Waals surface area (Å²) in [6, 6.07) is 4.13. The smallest absolute Gasteiger partial charge is 0.117 e. The number of hydrogen-bond acceptors (Lipinski definition) is 4. The van der Waals surface area contributed by atoms with Crippen molar-refractivity contribution in [2.45, 2.75) is 50.3 Å². The molecule has 2 aliphatic heterocycles. The largest absolute Gasteiger partial charge is 0.468 e. The van der Waals surface area contributed by atoms with E-state index < -0.39 is 5.60 Å². The van der Waals surface area contributed by atoms with Crippen LogP contribution in [0.15, 0.2) is 22.8 Å². The van der Waals surface area contributed by atoms with Crippen LogP contribution in [-0.4, -0.2) is 52.7 Å². The highest BCUT2D eigenvalue weighted by molar-refractivity contribution is 5.04. The standard InChI is InChI=1S/C18H26N2O2/c1-2-10-19(14-16-7-5-13-22-16)15-18(21)9-6-12-20-11-4-3-8-17(18)20/h1,5,7,13,17,21H,3-4,6,8-12,14-15H2/t17-,18-/m1/s1. The molecule has 0 aromatic carbocycles. The molecule has 0 aliphatic carbocycles. The third-order valence-electron chi connectivity index (χ3n) is 5.06. The molecule has 4 nitrogen and oxygen atoms in total. The Morgan fingerprint density at radius 3 is 3.05 bits per heavy atom. The predicted molar refractivity (Wildman–Crippen MR) is 86.2 cm³/mol. The molecule has 22 heavy (non-hydrogen) atoms. The lowest BCUT2D eigenvalue weighted by Gasteiger charge is -2.50. The van der Waals surface area contributed by atoms with Crippen molar-refractivity contribution in [3.05, 3.63) is 24.2 Å². The fraction of sp³-hybridized carbons (Fsp3) is 0.667. The van der Waals surface area contributed by atoms with Gasteiger partial charge < -0.3 is 9.52 Å². The topological polar surface area (TPSA) is 39.9 Å². The summed E-state index contributed by atoms with van der Waals surface area (Å²) in [7, 11) is 0. The normalized spacial score (nSPS) is 29.2. The van der Waals surface area contributed by atoms with Crippen molar-refractivity contribution >= 4 is 0 Å². The monoisotopic (exact) mass is 302 g/mol. The zero-order valence-electron chi connectivity index (χ0n) is 13.2. The molecule has 2 saturated heterocycles. The van der Waals surface area contributed by atoms with Crippen molar-refractivity contribution in [2.24, 2.45) is 0 Å². The minimum Gasteiger partial charge on any atom is -0.468 e. The second-order valence-electron chi connectivity index (χ2n) is 6.68. The van der Waals surface area contributed by atoms with Crippen molar-refractivity contribution in [3.8, 4) is 12.3 Å². The van der Waals surface area contributed by atoms with Gasteiger partial charge in [-0.1, -0.05) is 12.3 Å². The van der Waals surface area contributed by atoms with Crippen molar-refractivity contribution in [1.29, 1.82) is 0 Å². The van der Waals surface area contributed by atoms with Crippen LogP contribution >= 0.6 is 0 Å². The molecule has 2 fully saturated rings. The van der Waals surface area contributed by atoms with Gasteiger partial charge in [-0.25, -0.2) is 0 Å². The summed E-state index contributed by atoms with van der Waals surface area (Å²) in [6.07, 6.45) is 12.7. The first-order valence-corrected chi connectivity index (χ1v) is 8.36.